The summed E-state index contributed by atoms with van der Waals surface area (Å²) >= 11 is 0. The summed E-state index contributed by atoms with van der Waals surface area (Å²) in [6.07, 6.45) is -1.24. The molecule has 168 valence electrons. The van der Waals surface area contributed by atoms with Crippen LogP contribution in [-0.2, 0) is 25.6 Å². The monoisotopic (exact) mass is 540 g/mol. The summed E-state index contributed by atoms with van der Waals surface area (Å²) in [4.78, 5) is 7.97. The lowest BCUT2D eigenvalue weighted by molar-refractivity contribution is -0.137. The van der Waals surface area contributed by atoms with Crippen molar-refractivity contribution >= 4 is 35.8 Å². The van der Waals surface area contributed by atoms with Crippen LogP contribution in [0.4, 0.5) is 19.0 Å². The number of pyridine rings is 1. The molecule has 0 aliphatic heterocycles. The van der Waals surface area contributed by atoms with Gasteiger partial charge >= 0.3 is 6.18 Å². The van der Waals surface area contributed by atoms with Gasteiger partial charge in [0.2, 0.25) is 0 Å². The van der Waals surface area contributed by atoms with Crippen LogP contribution < -0.4 is 16.0 Å². The van der Waals surface area contributed by atoms with Crippen molar-refractivity contribution in [1.82, 2.24) is 20.8 Å². The van der Waals surface area contributed by atoms with Gasteiger partial charge in [-0.2, -0.15) is 13.2 Å². The number of aliphatic imine (C=N–C) groups is 1. The zero-order valence-corrected chi connectivity index (χ0v) is 19.6. The van der Waals surface area contributed by atoms with Crippen LogP contribution in [0.25, 0.3) is 0 Å². The molecule has 0 aromatic carbocycles. The zero-order valence-electron chi connectivity index (χ0n) is 17.3. The summed E-state index contributed by atoms with van der Waals surface area (Å²) in [7, 11) is 1.69. The fourth-order valence-corrected chi connectivity index (χ4v) is 2.71. The van der Waals surface area contributed by atoms with E-state index in [-0.39, 0.29) is 24.0 Å². The highest BCUT2D eigenvalue weighted by molar-refractivity contribution is 14.0. The van der Waals surface area contributed by atoms with E-state index < -0.39 is 11.7 Å². The number of nitrogens with zero attached hydrogens (tertiary/aromatic N) is 3. The average molecular weight is 540 g/mol. The minimum atomic E-state index is -4.37. The molecule has 0 bridgehead atoms. The molecule has 2 heterocycles. The largest absolute Gasteiger partial charge is 0.417 e. The summed E-state index contributed by atoms with van der Waals surface area (Å²) < 4.78 is 42.9. The molecule has 30 heavy (non-hydrogen) atoms. The van der Waals surface area contributed by atoms with Gasteiger partial charge in [0.1, 0.15) is 11.6 Å². The molecule has 0 unspecified atom stereocenters. The maximum atomic E-state index is 12.5. The fourth-order valence-electron chi connectivity index (χ4n) is 2.71. The quantitative estimate of drug-likeness (QED) is 0.193. The Labute approximate surface area is 191 Å². The Morgan fingerprint density at radius 2 is 1.90 bits per heavy atom. The number of aryl methyl sites for hydroxylation is 2. The second-order valence-electron chi connectivity index (χ2n) is 6.30. The third-order valence-corrected chi connectivity index (χ3v) is 4.31. The van der Waals surface area contributed by atoms with Crippen LogP contribution in [0.5, 0.6) is 0 Å². The topological polar surface area (TPSA) is 87.4 Å². The van der Waals surface area contributed by atoms with Gasteiger partial charge in [0, 0.05) is 44.9 Å². The van der Waals surface area contributed by atoms with Crippen molar-refractivity contribution in [2.45, 2.75) is 45.8 Å². The smallest absolute Gasteiger partial charge is 0.370 e. The molecule has 0 amide bonds. The number of hydrogen-bond acceptors (Lipinski definition) is 5. The second-order valence-corrected chi connectivity index (χ2v) is 6.30. The molecule has 3 N–H and O–H groups in total. The van der Waals surface area contributed by atoms with Crippen molar-refractivity contribution in [2.75, 3.05) is 25.5 Å². The van der Waals surface area contributed by atoms with Gasteiger partial charge in [-0.3, -0.25) is 4.99 Å². The first kappa shape index (κ1) is 26.0. The molecule has 7 nitrogen and oxygen atoms in total. The predicted molar refractivity (Wildman–Crippen MR) is 121 cm³/mol. The van der Waals surface area contributed by atoms with E-state index in [1.54, 1.807) is 7.05 Å². The number of rotatable bonds is 9. The molecule has 0 fully saturated rings. The van der Waals surface area contributed by atoms with E-state index in [1.807, 2.05) is 13.8 Å². The Hall–Kier alpha value is -2.05. The molecule has 2 aromatic heterocycles. The van der Waals surface area contributed by atoms with Crippen LogP contribution in [0.2, 0.25) is 0 Å². The van der Waals surface area contributed by atoms with Gasteiger partial charge in [0.05, 0.1) is 11.3 Å². The third kappa shape index (κ3) is 7.65. The van der Waals surface area contributed by atoms with E-state index in [4.69, 9.17) is 4.52 Å². The minimum Gasteiger partial charge on any atom is -0.370 e. The lowest BCUT2D eigenvalue weighted by atomic mass is 10.1. The molecular weight excluding hydrogens is 512 g/mol. The first-order valence-electron chi connectivity index (χ1n) is 9.56. The van der Waals surface area contributed by atoms with Gasteiger partial charge in [-0.05, 0) is 25.0 Å². The van der Waals surface area contributed by atoms with Crippen molar-refractivity contribution in [3.63, 3.8) is 0 Å². The number of anilines is 1. The molecule has 0 radical (unpaired) electrons. The van der Waals surface area contributed by atoms with Crippen LogP contribution in [0.15, 0.2) is 27.8 Å². The van der Waals surface area contributed by atoms with Gasteiger partial charge in [-0.25, -0.2) is 4.98 Å². The van der Waals surface area contributed by atoms with E-state index in [0.717, 1.165) is 48.5 Å². The lowest BCUT2D eigenvalue weighted by Gasteiger charge is -2.13. The number of nitrogens with one attached hydrogen (secondary N) is 3. The Balaban J connectivity index is 0.00000450. The molecule has 0 spiro atoms. The molecule has 0 aliphatic carbocycles. The van der Waals surface area contributed by atoms with Crippen LogP contribution >= 0.6 is 24.0 Å². The first-order chi connectivity index (χ1) is 13.9. The average Bonchev–Trinajstić information content (AvgIpc) is 3.11. The van der Waals surface area contributed by atoms with E-state index in [1.165, 1.54) is 6.07 Å². The SMILES string of the molecule is CCc1noc(CC)c1CNC(=NC)NCCCNc1ccc(C(F)(F)F)cn1.I. The Morgan fingerprint density at radius 3 is 2.47 bits per heavy atom. The first-order valence-corrected chi connectivity index (χ1v) is 9.56. The van der Waals surface area contributed by atoms with E-state index >= 15 is 0 Å². The van der Waals surface area contributed by atoms with Crippen LogP contribution in [0.1, 0.15) is 42.8 Å². The summed E-state index contributed by atoms with van der Waals surface area (Å²) in [5.74, 6) is 1.94. The standard InChI is InChI=1S/C19H27F3N6O.HI/c1-4-15-14(16(5-2)29-28-15)12-27-18(23-3)25-10-6-9-24-17-8-7-13(11-26-17)19(20,21)22;/h7-8,11H,4-6,9-10,12H2,1-3H3,(H,24,26)(H2,23,25,27);1H. The van der Waals surface area contributed by atoms with E-state index in [2.05, 4.69) is 31.1 Å². The number of hydrogen-bond donors (Lipinski definition) is 3. The highest BCUT2D eigenvalue weighted by atomic mass is 127. The van der Waals surface area contributed by atoms with Crippen LogP contribution in [-0.4, -0.2) is 36.2 Å². The maximum absolute atomic E-state index is 12.5. The summed E-state index contributed by atoms with van der Waals surface area (Å²) in [5.41, 5.74) is 1.25. The van der Waals surface area contributed by atoms with Gasteiger partial charge in [0.25, 0.3) is 0 Å². The number of halogens is 4. The van der Waals surface area contributed by atoms with Crippen molar-refractivity contribution in [3.05, 3.63) is 40.9 Å². The maximum Gasteiger partial charge on any atom is 0.417 e. The van der Waals surface area contributed by atoms with Crippen molar-refractivity contribution in [2.24, 2.45) is 4.99 Å². The molecule has 0 saturated heterocycles. The third-order valence-electron chi connectivity index (χ3n) is 4.31. The molecule has 0 atom stereocenters. The lowest BCUT2D eigenvalue weighted by Crippen LogP contribution is -2.38. The van der Waals surface area contributed by atoms with E-state index in [9.17, 15) is 13.2 Å². The van der Waals surface area contributed by atoms with Gasteiger partial charge in [0.15, 0.2) is 5.96 Å². The van der Waals surface area contributed by atoms with E-state index in [0.29, 0.717) is 31.4 Å². The minimum absolute atomic E-state index is 0. The molecule has 0 saturated carbocycles. The van der Waals surface area contributed by atoms with Crippen LogP contribution in [0, 0.1) is 0 Å². The molecule has 11 heteroatoms. The molecular formula is C19H28F3IN6O. The molecule has 2 aromatic rings. The Bertz CT molecular complexity index is 771. The van der Waals surface area contributed by atoms with Crippen molar-refractivity contribution in [1.29, 1.82) is 0 Å². The predicted octanol–water partition coefficient (Wildman–Crippen LogP) is 4.00. The summed E-state index contributed by atoms with van der Waals surface area (Å²) in [5, 5.41) is 13.5. The number of guanidine groups is 1. The van der Waals surface area contributed by atoms with Gasteiger partial charge < -0.3 is 20.5 Å². The second kappa shape index (κ2) is 12.6. The normalized spacial score (nSPS) is 11.7. The van der Waals surface area contributed by atoms with Crippen molar-refractivity contribution < 1.29 is 17.7 Å². The summed E-state index contributed by atoms with van der Waals surface area (Å²) in [6, 6.07) is 2.34. The highest BCUT2D eigenvalue weighted by Crippen LogP contribution is 2.28. The highest BCUT2D eigenvalue weighted by Gasteiger charge is 2.30. The Kier molecular flexibility index (Phi) is 10.9. The zero-order chi connectivity index (χ0) is 21.3. The Morgan fingerprint density at radius 1 is 1.13 bits per heavy atom. The number of aromatic nitrogens is 2. The molecule has 0 aliphatic rings. The summed E-state index contributed by atoms with van der Waals surface area (Å²) in [6.45, 7) is 5.83. The van der Waals surface area contributed by atoms with Gasteiger partial charge in [-0.15, -0.1) is 24.0 Å². The van der Waals surface area contributed by atoms with Crippen molar-refractivity contribution in [3.8, 4) is 0 Å². The van der Waals surface area contributed by atoms with Crippen LogP contribution in [0.3, 0.4) is 0 Å². The van der Waals surface area contributed by atoms with Gasteiger partial charge in [-0.1, -0.05) is 19.0 Å². The fraction of sp³-hybridized carbons (Fsp3) is 0.526. The number of alkyl halides is 3. The molecule has 2 rings (SSSR count).